The first-order chi connectivity index (χ1) is 21.8. The van der Waals surface area contributed by atoms with E-state index in [4.69, 9.17) is 4.98 Å². The van der Waals surface area contributed by atoms with Gasteiger partial charge in [-0.15, -0.1) is 0 Å². The summed E-state index contributed by atoms with van der Waals surface area (Å²) in [7, 11) is 0. The van der Waals surface area contributed by atoms with Crippen LogP contribution < -0.4 is 0 Å². The smallest absolute Gasteiger partial charge is 0.138 e. The van der Waals surface area contributed by atoms with E-state index in [1.54, 1.807) is 0 Å². The fourth-order valence-corrected chi connectivity index (χ4v) is 7.15. The summed E-state index contributed by atoms with van der Waals surface area (Å²) in [5.41, 5.74) is 13.4. The Bertz CT molecular complexity index is 2320. The highest BCUT2D eigenvalue weighted by atomic mass is 15.1. The van der Waals surface area contributed by atoms with Crippen LogP contribution in [0.25, 0.3) is 67.1 Å². The minimum absolute atomic E-state index is 0.933. The van der Waals surface area contributed by atoms with Crippen molar-refractivity contribution in [1.29, 1.82) is 0 Å². The molecule has 9 rings (SSSR count). The van der Waals surface area contributed by atoms with Crippen molar-refractivity contribution < 1.29 is 0 Å². The van der Waals surface area contributed by atoms with Crippen LogP contribution in [-0.2, 0) is 12.8 Å². The van der Waals surface area contributed by atoms with Gasteiger partial charge in [0.25, 0.3) is 0 Å². The Morgan fingerprint density at radius 2 is 0.977 bits per heavy atom. The molecule has 1 aliphatic carbocycles. The van der Waals surface area contributed by atoms with Crippen molar-refractivity contribution in [2.24, 2.45) is 0 Å². The molecule has 3 heteroatoms. The van der Waals surface area contributed by atoms with Gasteiger partial charge in [0.2, 0.25) is 0 Å². The third-order valence-electron chi connectivity index (χ3n) is 9.05. The van der Waals surface area contributed by atoms with Crippen LogP contribution in [0.15, 0.2) is 152 Å². The van der Waals surface area contributed by atoms with E-state index in [2.05, 4.69) is 161 Å². The van der Waals surface area contributed by atoms with Gasteiger partial charge in [-0.3, -0.25) is 4.57 Å². The second-order valence-electron chi connectivity index (χ2n) is 11.5. The zero-order chi connectivity index (χ0) is 29.0. The zero-order valence-electron chi connectivity index (χ0n) is 24.2. The molecule has 0 atom stereocenters. The number of hydrogen-bond acceptors (Lipinski definition) is 1. The van der Waals surface area contributed by atoms with Crippen LogP contribution in [0.4, 0.5) is 0 Å². The number of pyridine rings is 1. The van der Waals surface area contributed by atoms with Gasteiger partial charge < -0.3 is 4.57 Å². The normalized spacial score (nSPS) is 12.4. The van der Waals surface area contributed by atoms with Gasteiger partial charge in [-0.2, -0.15) is 0 Å². The Labute approximate surface area is 256 Å². The molecule has 0 unspecified atom stereocenters. The van der Waals surface area contributed by atoms with Crippen LogP contribution in [0.1, 0.15) is 11.1 Å². The van der Waals surface area contributed by atoms with Crippen LogP contribution in [0.3, 0.4) is 0 Å². The van der Waals surface area contributed by atoms with Crippen molar-refractivity contribution >= 4 is 21.8 Å². The highest BCUT2D eigenvalue weighted by Gasteiger charge is 2.31. The molecule has 3 nitrogen and oxygen atoms in total. The molecular formula is C41H29N3. The topological polar surface area (TPSA) is 22.8 Å². The average Bonchev–Trinajstić information content (AvgIpc) is 3.62. The van der Waals surface area contributed by atoms with Crippen LogP contribution in [0, 0.1) is 0 Å². The predicted molar refractivity (Wildman–Crippen MR) is 182 cm³/mol. The quantitative estimate of drug-likeness (QED) is 0.209. The summed E-state index contributed by atoms with van der Waals surface area (Å²) in [6.45, 7) is 0. The van der Waals surface area contributed by atoms with Crippen molar-refractivity contribution in [3.63, 3.8) is 0 Å². The van der Waals surface area contributed by atoms with E-state index in [-0.39, 0.29) is 0 Å². The maximum absolute atomic E-state index is 5.36. The second kappa shape index (κ2) is 9.96. The first-order valence-electron chi connectivity index (χ1n) is 15.3. The Morgan fingerprint density at radius 3 is 1.70 bits per heavy atom. The molecule has 5 aromatic carbocycles. The molecule has 0 fully saturated rings. The third-order valence-corrected chi connectivity index (χ3v) is 9.05. The number of benzene rings is 5. The van der Waals surface area contributed by atoms with E-state index < -0.39 is 0 Å². The van der Waals surface area contributed by atoms with Crippen molar-refractivity contribution in [3.05, 3.63) is 163 Å². The highest BCUT2D eigenvalue weighted by Crippen LogP contribution is 2.46. The van der Waals surface area contributed by atoms with E-state index >= 15 is 0 Å². The van der Waals surface area contributed by atoms with Crippen LogP contribution in [-0.4, -0.2) is 14.1 Å². The molecule has 0 radical (unpaired) electrons. The van der Waals surface area contributed by atoms with Gasteiger partial charge in [-0.05, 0) is 77.6 Å². The number of fused-ring (bicyclic) bond motifs is 7. The Balaban J connectivity index is 1.31. The molecule has 0 saturated carbocycles. The van der Waals surface area contributed by atoms with Gasteiger partial charge in [0.15, 0.2) is 0 Å². The summed E-state index contributed by atoms with van der Waals surface area (Å²) in [6.07, 6.45) is 2.01. The summed E-state index contributed by atoms with van der Waals surface area (Å²) in [6, 6.07) is 54.1. The zero-order valence-corrected chi connectivity index (χ0v) is 24.2. The number of aromatic nitrogens is 3. The van der Waals surface area contributed by atoms with Gasteiger partial charge in [-0.1, -0.05) is 109 Å². The monoisotopic (exact) mass is 563 g/mol. The molecule has 44 heavy (non-hydrogen) atoms. The van der Waals surface area contributed by atoms with Gasteiger partial charge >= 0.3 is 0 Å². The summed E-state index contributed by atoms with van der Waals surface area (Å²) in [4.78, 5) is 5.36. The van der Waals surface area contributed by atoms with E-state index in [0.717, 1.165) is 29.9 Å². The summed E-state index contributed by atoms with van der Waals surface area (Å²) in [5.74, 6) is 0.933. The van der Waals surface area contributed by atoms with Crippen molar-refractivity contribution in [3.8, 4) is 45.3 Å². The van der Waals surface area contributed by atoms with Crippen LogP contribution in [0.2, 0.25) is 0 Å². The lowest BCUT2D eigenvalue weighted by Crippen LogP contribution is -2.10. The first kappa shape index (κ1) is 24.9. The molecule has 0 amide bonds. The van der Waals surface area contributed by atoms with E-state index in [1.807, 2.05) is 0 Å². The van der Waals surface area contributed by atoms with E-state index in [1.165, 1.54) is 61.1 Å². The predicted octanol–water partition coefficient (Wildman–Crippen LogP) is 10.1. The van der Waals surface area contributed by atoms with Gasteiger partial charge in [0.1, 0.15) is 5.82 Å². The summed E-state index contributed by atoms with van der Waals surface area (Å²) < 4.78 is 4.87. The molecule has 8 aromatic rings. The first-order valence-corrected chi connectivity index (χ1v) is 15.3. The molecule has 0 spiro atoms. The molecule has 0 aliphatic heterocycles. The largest absolute Gasteiger partial charge is 0.307 e. The molecular weight excluding hydrogens is 534 g/mol. The number of aryl methyl sites for hydroxylation is 2. The molecule has 1 aliphatic rings. The van der Waals surface area contributed by atoms with E-state index in [0.29, 0.717) is 0 Å². The fraction of sp³-hybridized carbons (Fsp3) is 0.0488. The van der Waals surface area contributed by atoms with Gasteiger partial charge in [-0.25, -0.2) is 4.98 Å². The number of nitrogens with zero attached hydrogens (tertiary/aromatic N) is 3. The minimum atomic E-state index is 0.933. The SMILES string of the molecule is c1ccc(-c2cccc(-c3cccc(-n4c5c(c6ccccc64)CCc4c-5n(-c5ccccc5)c5ccccc45)n3)c2)cc1. The number of rotatable bonds is 4. The van der Waals surface area contributed by atoms with Crippen molar-refractivity contribution in [2.45, 2.75) is 12.8 Å². The van der Waals surface area contributed by atoms with Crippen LogP contribution >= 0.6 is 0 Å². The lowest BCUT2D eigenvalue weighted by Gasteiger charge is -2.21. The standard InChI is InChI=1S/C41H29N3/c1-3-13-28(14-4-1)29-15-11-16-30(27-29)36-21-12-24-39(42-36)44-38-23-10-8-20-33(38)35-26-25-34-32-19-7-9-22-37(32)43(40(34)41(35)44)31-17-5-2-6-18-31/h1-24,27H,25-26H2. The Hall–Kier alpha value is -5.67. The van der Waals surface area contributed by atoms with Crippen molar-refractivity contribution in [2.75, 3.05) is 0 Å². The molecule has 0 bridgehead atoms. The maximum Gasteiger partial charge on any atom is 0.138 e. The molecule has 3 aromatic heterocycles. The average molecular weight is 564 g/mol. The molecule has 3 heterocycles. The highest BCUT2D eigenvalue weighted by molar-refractivity contribution is 6.00. The second-order valence-corrected chi connectivity index (χ2v) is 11.5. The summed E-state index contributed by atoms with van der Waals surface area (Å²) >= 11 is 0. The fourth-order valence-electron chi connectivity index (χ4n) is 7.15. The molecule has 0 N–H and O–H groups in total. The Morgan fingerprint density at radius 1 is 0.432 bits per heavy atom. The van der Waals surface area contributed by atoms with Crippen LogP contribution in [0.5, 0.6) is 0 Å². The van der Waals surface area contributed by atoms with E-state index in [9.17, 15) is 0 Å². The lowest BCUT2D eigenvalue weighted by molar-refractivity contribution is 0.914. The van der Waals surface area contributed by atoms with Gasteiger partial charge in [0, 0.05) is 22.0 Å². The Kier molecular flexibility index (Phi) is 5.63. The number of para-hydroxylation sites is 3. The van der Waals surface area contributed by atoms with Gasteiger partial charge in [0.05, 0.1) is 28.1 Å². The lowest BCUT2D eigenvalue weighted by atomic mass is 9.92. The third kappa shape index (κ3) is 3.79. The maximum atomic E-state index is 5.36. The molecule has 208 valence electrons. The molecule has 0 saturated heterocycles. The van der Waals surface area contributed by atoms with Crippen molar-refractivity contribution in [1.82, 2.24) is 14.1 Å². The number of hydrogen-bond donors (Lipinski definition) is 0. The minimum Gasteiger partial charge on any atom is -0.307 e. The summed E-state index contributed by atoms with van der Waals surface area (Å²) in [5, 5.41) is 2.63.